The van der Waals surface area contributed by atoms with Crippen molar-refractivity contribution in [1.82, 2.24) is 10.3 Å². The van der Waals surface area contributed by atoms with Crippen LogP contribution in [0, 0.1) is 6.92 Å². The molecule has 1 amide bonds. The number of allylic oxidation sites excluding steroid dienone is 1. The lowest BCUT2D eigenvalue weighted by Gasteiger charge is -2.13. The minimum absolute atomic E-state index is 0.0167. The third-order valence-electron chi connectivity index (χ3n) is 3.40. The van der Waals surface area contributed by atoms with Gasteiger partial charge in [-0.1, -0.05) is 11.6 Å². The quantitative estimate of drug-likeness (QED) is 0.827. The van der Waals surface area contributed by atoms with E-state index in [2.05, 4.69) is 16.4 Å². The monoisotopic (exact) mass is 244 g/mol. The second-order valence-corrected chi connectivity index (χ2v) is 4.80. The van der Waals surface area contributed by atoms with Crippen LogP contribution in [0.3, 0.4) is 0 Å². The van der Waals surface area contributed by atoms with Gasteiger partial charge in [-0.05, 0) is 50.7 Å². The third-order valence-corrected chi connectivity index (χ3v) is 3.40. The van der Waals surface area contributed by atoms with E-state index in [0.717, 1.165) is 18.5 Å². The van der Waals surface area contributed by atoms with E-state index in [4.69, 9.17) is 0 Å². The van der Waals surface area contributed by atoms with Gasteiger partial charge in [-0.2, -0.15) is 0 Å². The number of aromatic nitrogens is 1. The summed E-state index contributed by atoms with van der Waals surface area (Å²) < 4.78 is 0. The Morgan fingerprint density at radius 1 is 1.44 bits per heavy atom. The third kappa shape index (κ3) is 3.42. The predicted octanol–water partition coefficient (Wildman–Crippen LogP) is 3.01. The van der Waals surface area contributed by atoms with Crippen LogP contribution in [0.5, 0.6) is 0 Å². The molecule has 0 saturated heterocycles. The van der Waals surface area contributed by atoms with Crippen molar-refractivity contribution < 1.29 is 4.79 Å². The van der Waals surface area contributed by atoms with E-state index in [1.165, 1.54) is 31.3 Å². The number of rotatable bonds is 4. The summed E-state index contributed by atoms with van der Waals surface area (Å²) in [6.07, 6.45) is 11.6. The van der Waals surface area contributed by atoms with Crippen molar-refractivity contribution in [3.05, 3.63) is 41.2 Å². The van der Waals surface area contributed by atoms with Crippen molar-refractivity contribution in [3.8, 4) is 0 Å². The molecule has 3 heteroatoms. The van der Waals surface area contributed by atoms with Gasteiger partial charge in [0.15, 0.2) is 0 Å². The van der Waals surface area contributed by atoms with Gasteiger partial charge < -0.3 is 5.32 Å². The predicted molar refractivity (Wildman–Crippen MR) is 72.5 cm³/mol. The van der Waals surface area contributed by atoms with Gasteiger partial charge in [0.1, 0.15) is 0 Å². The molecule has 0 aromatic carbocycles. The first-order valence-corrected chi connectivity index (χ1v) is 6.64. The van der Waals surface area contributed by atoms with E-state index in [-0.39, 0.29) is 5.91 Å². The number of hydrogen-bond donors (Lipinski definition) is 1. The molecule has 1 N–H and O–H groups in total. The first-order chi connectivity index (χ1) is 8.77. The normalized spacial score (nSPS) is 15.1. The molecule has 0 radical (unpaired) electrons. The van der Waals surface area contributed by atoms with Crippen LogP contribution >= 0.6 is 0 Å². The Labute approximate surface area is 108 Å². The Morgan fingerprint density at radius 3 is 3.06 bits per heavy atom. The van der Waals surface area contributed by atoms with Gasteiger partial charge in [-0.25, -0.2) is 0 Å². The molecule has 0 saturated carbocycles. The molecule has 1 heterocycles. The van der Waals surface area contributed by atoms with Crippen LogP contribution in [-0.4, -0.2) is 17.4 Å². The van der Waals surface area contributed by atoms with Gasteiger partial charge in [-0.15, -0.1) is 0 Å². The number of pyridine rings is 1. The minimum Gasteiger partial charge on any atom is -0.352 e. The van der Waals surface area contributed by atoms with Crippen LogP contribution in [0.15, 0.2) is 30.1 Å². The van der Waals surface area contributed by atoms with Crippen molar-refractivity contribution in [3.63, 3.8) is 0 Å². The van der Waals surface area contributed by atoms with E-state index in [1.54, 1.807) is 12.4 Å². The zero-order chi connectivity index (χ0) is 12.8. The second-order valence-electron chi connectivity index (χ2n) is 4.80. The number of carbonyl (C=O) groups excluding carboxylic acids is 1. The summed E-state index contributed by atoms with van der Waals surface area (Å²) in [6, 6.07) is 1.86. The highest BCUT2D eigenvalue weighted by molar-refractivity contribution is 5.95. The summed E-state index contributed by atoms with van der Waals surface area (Å²) in [5.41, 5.74) is 3.14. The van der Waals surface area contributed by atoms with E-state index < -0.39 is 0 Å². The molecule has 1 aromatic heterocycles. The maximum atomic E-state index is 11.9. The average Bonchev–Trinajstić information content (AvgIpc) is 2.40. The highest BCUT2D eigenvalue weighted by Gasteiger charge is 2.09. The summed E-state index contributed by atoms with van der Waals surface area (Å²) in [5.74, 6) is -0.0167. The molecule has 1 aliphatic rings. The maximum Gasteiger partial charge on any atom is 0.253 e. The first kappa shape index (κ1) is 12.8. The molecule has 0 unspecified atom stereocenters. The fourth-order valence-corrected chi connectivity index (χ4v) is 2.27. The summed E-state index contributed by atoms with van der Waals surface area (Å²) in [6.45, 7) is 2.65. The molecule has 2 rings (SSSR count). The number of amides is 1. The lowest BCUT2D eigenvalue weighted by Crippen LogP contribution is -2.25. The molecule has 0 fully saturated rings. The zero-order valence-electron chi connectivity index (χ0n) is 10.9. The molecule has 0 bridgehead atoms. The SMILES string of the molecule is Cc1ccncc1C(=O)NCCC1=CCCCC1. The highest BCUT2D eigenvalue weighted by atomic mass is 16.1. The first-order valence-electron chi connectivity index (χ1n) is 6.64. The molecule has 3 nitrogen and oxygen atoms in total. The van der Waals surface area contributed by atoms with E-state index in [1.807, 2.05) is 13.0 Å². The van der Waals surface area contributed by atoms with Crippen LogP contribution in [0.2, 0.25) is 0 Å². The summed E-state index contributed by atoms with van der Waals surface area (Å²) in [5, 5.41) is 2.97. The number of aryl methyl sites for hydroxylation is 1. The molecule has 1 aromatic rings. The van der Waals surface area contributed by atoms with Crippen molar-refractivity contribution in [2.75, 3.05) is 6.54 Å². The van der Waals surface area contributed by atoms with Gasteiger partial charge in [0.05, 0.1) is 5.56 Å². The van der Waals surface area contributed by atoms with Crippen LogP contribution in [0.1, 0.15) is 48.0 Å². The maximum absolute atomic E-state index is 11.9. The average molecular weight is 244 g/mol. The lowest BCUT2D eigenvalue weighted by atomic mass is 9.97. The van der Waals surface area contributed by atoms with Gasteiger partial charge in [0, 0.05) is 18.9 Å². The number of nitrogens with one attached hydrogen (secondary N) is 1. The fraction of sp³-hybridized carbons (Fsp3) is 0.467. The highest BCUT2D eigenvalue weighted by Crippen LogP contribution is 2.19. The largest absolute Gasteiger partial charge is 0.352 e. The smallest absolute Gasteiger partial charge is 0.253 e. The Morgan fingerprint density at radius 2 is 2.33 bits per heavy atom. The summed E-state index contributed by atoms with van der Waals surface area (Å²) in [4.78, 5) is 15.9. The van der Waals surface area contributed by atoms with Crippen LogP contribution in [0.25, 0.3) is 0 Å². The number of hydrogen-bond acceptors (Lipinski definition) is 2. The summed E-state index contributed by atoms with van der Waals surface area (Å²) in [7, 11) is 0. The van der Waals surface area contributed by atoms with E-state index in [0.29, 0.717) is 5.56 Å². The Bertz CT molecular complexity index is 452. The second kappa shape index (κ2) is 6.34. The zero-order valence-corrected chi connectivity index (χ0v) is 10.9. The van der Waals surface area contributed by atoms with Crippen molar-refractivity contribution in [2.45, 2.75) is 39.0 Å². The van der Waals surface area contributed by atoms with Gasteiger partial charge in [0.2, 0.25) is 0 Å². The minimum atomic E-state index is -0.0167. The van der Waals surface area contributed by atoms with Gasteiger partial charge in [0.25, 0.3) is 5.91 Å². The Hall–Kier alpha value is -1.64. The standard InChI is InChI=1S/C15H20N2O/c1-12-7-9-16-11-14(12)15(18)17-10-8-13-5-3-2-4-6-13/h5,7,9,11H,2-4,6,8,10H2,1H3,(H,17,18). The lowest BCUT2D eigenvalue weighted by molar-refractivity contribution is 0.0953. The van der Waals surface area contributed by atoms with Crippen molar-refractivity contribution in [2.24, 2.45) is 0 Å². The van der Waals surface area contributed by atoms with Gasteiger partial charge in [-0.3, -0.25) is 9.78 Å². The molecule has 96 valence electrons. The van der Waals surface area contributed by atoms with Crippen molar-refractivity contribution >= 4 is 5.91 Å². The summed E-state index contributed by atoms with van der Waals surface area (Å²) >= 11 is 0. The van der Waals surface area contributed by atoms with Crippen molar-refractivity contribution in [1.29, 1.82) is 0 Å². The molecular formula is C15H20N2O. The van der Waals surface area contributed by atoms with E-state index >= 15 is 0 Å². The van der Waals surface area contributed by atoms with Gasteiger partial charge >= 0.3 is 0 Å². The van der Waals surface area contributed by atoms with Crippen LogP contribution < -0.4 is 5.32 Å². The van der Waals surface area contributed by atoms with Crippen LogP contribution in [-0.2, 0) is 0 Å². The molecule has 0 spiro atoms. The topological polar surface area (TPSA) is 42.0 Å². The molecule has 0 atom stereocenters. The number of nitrogens with zero attached hydrogens (tertiary/aromatic N) is 1. The molecule has 0 aliphatic heterocycles. The van der Waals surface area contributed by atoms with Crippen LogP contribution in [0.4, 0.5) is 0 Å². The van der Waals surface area contributed by atoms with E-state index in [9.17, 15) is 4.79 Å². The molecular weight excluding hydrogens is 224 g/mol. The fourth-order valence-electron chi connectivity index (χ4n) is 2.27. The number of carbonyl (C=O) groups is 1. The molecule has 1 aliphatic carbocycles. The Kier molecular flexibility index (Phi) is 4.51. The Balaban J connectivity index is 1.82. The molecule has 18 heavy (non-hydrogen) atoms.